The van der Waals surface area contributed by atoms with Gasteiger partial charge in [0.05, 0.1) is 23.8 Å². The maximum atomic E-state index is 15.3. The van der Waals surface area contributed by atoms with E-state index < -0.39 is 76.1 Å². The molecule has 1 heterocycles. The van der Waals surface area contributed by atoms with Crippen LogP contribution in [-0.2, 0) is 35.0 Å². The molecule has 214 valence electrons. The number of ether oxygens (including phenoxy) is 1. The Morgan fingerprint density at radius 3 is 2.33 bits per heavy atom. The molecule has 0 saturated heterocycles. The molecule has 2 aromatic carbocycles. The summed E-state index contributed by atoms with van der Waals surface area (Å²) in [5.74, 6) is -4.57. The molecule has 6 nitrogen and oxygen atoms in total. The van der Waals surface area contributed by atoms with E-state index in [1.807, 2.05) is 0 Å². The van der Waals surface area contributed by atoms with Crippen LogP contribution in [0.5, 0.6) is 0 Å². The van der Waals surface area contributed by atoms with E-state index >= 15 is 4.39 Å². The minimum absolute atomic E-state index is 0.0281. The molecule has 40 heavy (non-hydrogen) atoms. The number of aromatic nitrogens is 2. The first-order chi connectivity index (χ1) is 18.6. The van der Waals surface area contributed by atoms with Crippen molar-refractivity contribution in [2.75, 3.05) is 0 Å². The zero-order valence-electron chi connectivity index (χ0n) is 20.0. The standard InChI is InChI=1S/C25H18ClF8N3O3/c26-14-3-1-12(17(27)7-14)10-40-15-5-13(6-15)23(39)35-9-11-2-4-16(24(29,30)31)20(21(11)28)22-36-18(25(32,33)34)8-19(38)37-22/h1-4,7-8,13,15H,5-6,9-10H2,(H,35,39)(H,36,37,38)/t13-,15-. The van der Waals surface area contributed by atoms with Gasteiger partial charge in [0.25, 0.3) is 5.56 Å². The Balaban J connectivity index is 1.45. The first kappa shape index (κ1) is 29.5. The summed E-state index contributed by atoms with van der Waals surface area (Å²) >= 11 is 5.70. The number of carbonyl (C=O) groups is 1. The van der Waals surface area contributed by atoms with Crippen molar-refractivity contribution in [2.24, 2.45) is 5.92 Å². The number of hydrogen-bond donors (Lipinski definition) is 2. The van der Waals surface area contributed by atoms with Gasteiger partial charge in [-0.1, -0.05) is 23.7 Å². The number of rotatable bonds is 7. The van der Waals surface area contributed by atoms with Crippen LogP contribution in [0.4, 0.5) is 35.1 Å². The summed E-state index contributed by atoms with van der Waals surface area (Å²) in [6.45, 7) is -0.662. The average Bonchev–Trinajstić information content (AvgIpc) is 2.81. The lowest BCUT2D eigenvalue weighted by atomic mass is 9.81. The molecular formula is C25H18ClF8N3O3. The number of hydrogen-bond acceptors (Lipinski definition) is 4. The van der Waals surface area contributed by atoms with Crippen molar-refractivity contribution in [2.45, 2.75) is 44.4 Å². The van der Waals surface area contributed by atoms with Gasteiger partial charge in [-0.05, 0) is 31.0 Å². The topological polar surface area (TPSA) is 84.1 Å². The van der Waals surface area contributed by atoms with Gasteiger partial charge < -0.3 is 15.0 Å². The van der Waals surface area contributed by atoms with Crippen molar-refractivity contribution < 1.29 is 44.7 Å². The molecule has 0 bridgehead atoms. The molecule has 3 aromatic rings. The van der Waals surface area contributed by atoms with Gasteiger partial charge in [-0.25, -0.2) is 13.8 Å². The van der Waals surface area contributed by atoms with E-state index in [9.17, 15) is 40.3 Å². The summed E-state index contributed by atoms with van der Waals surface area (Å²) in [5, 5.41) is 2.59. The van der Waals surface area contributed by atoms with Crippen LogP contribution >= 0.6 is 11.6 Å². The zero-order chi connectivity index (χ0) is 29.4. The van der Waals surface area contributed by atoms with Crippen LogP contribution in [0.25, 0.3) is 11.4 Å². The van der Waals surface area contributed by atoms with E-state index in [2.05, 4.69) is 10.3 Å². The molecule has 2 N–H and O–H groups in total. The summed E-state index contributed by atoms with van der Waals surface area (Å²) in [7, 11) is 0. The molecule has 15 heteroatoms. The van der Waals surface area contributed by atoms with Gasteiger partial charge in [-0.3, -0.25) is 9.59 Å². The molecular weight excluding hydrogens is 578 g/mol. The van der Waals surface area contributed by atoms with Gasteiger partial charge in [0.15, 0.2) is 5.69 Å². The van der Waals surface area contributed by atoms with Crippen molar-refractivity contribution in [1.29, 1.82) is 0 Å². The number of alkyl halides is 6. The first-order valence-electron chi connectivity index (χ1n) is 11.5. The third kappa shape index (κ3) is 6.61. The highest BCUT2D eigenvalue weighted by Crippen LogP contribution is 2.39. The smallest absolute Gasteiger partial charge is 0.373 e. The number of benzene rings is 2. The third-order valence-corrected chi connectivity index (χ3v) is 6.44. The highest BCUT2D eigenvalue weighted by molar-refractivity contribution is 6.30. The molecule has 0 unspecified atom stereocenters. The van der Waals surface area contributed by atoms with Crippen molar-refractivity contribution in [1.82, 2.24) is 15.3 Å². The fraction of sp³-hybridized carbons (Fsp3) is 0.320. The molecule has 0 atom stereocenters. The number of halogens is 9. The zero-order valence-corrected chi connectivity index (χ0v) is 20.8. The predicted octanol–water partition coefficient (Wildman–Crippen LogP) is 6.02. The molecule has 4 rings (SSSR count). The van der Waals surface area contributed by atoms with Crippen molar-refractivity contribution in [3.8, 4) is 11.4 Å². The lowest BCUT2D eigenvalue weighted by Gasteiger charge is -2.34. The van der Waals surface area contributed by atoms with Crippen LogP contribution in [0.15, 0.2) is 41.2 Å². The second-order valence-electron chi connectivity index (χ2n) is 8.99. The van der Waals surface area contributed by atoms with Crippen LogP contribution in [0.2, 0.25) is 5.02 Å². The normalized spacial score (nSPS) is 17.4. The number of amides is 1. The largest absolute Gasteiger partial charge is 0.433 e. The van der Waals surface area contributed by atoms with Gasteiger partial charge in [-0.2, -0.15) is 26.3 Å². The summed E-state index contributed by atoms with van der Waals surface area (Å²) in [6, 6.07) is 5.25. The van der Waals surface area contributed by atoms with Gasteiger partial charge in [-0.15, -0.1) is 0 Å². The SMILES string of the molecule is O=c1cc(C(F)(F)F)nc(-c2c(C(F)(F)F)ccc(CNC(=O)[C@H]3C[C@H](OCc4ccc(Cl)cc4F)C3)c2F)[nH]1. The average molecular weight is 596 g/mol. The minimum atomic E-state index is -5.21. The maximum Gasteiger partial charge on any atom is 0.433 e. The van der Waals surface area contributed by atoms with E-state index in [0.717, 1.165) is 12.1 Å². The van der Waals surface area contributed by atoms with E-state index in [0.29, 0.717) is 6.07 Å². The number of H-pyrrole nitrogens is 1. The van der Waals surface area contributed by atoms with Crippen LogP contribution in [0, 0.1) is 17.6 Å². The van der Waals surface area contributed by atoms with Crippen molar-refractivity contribution in [3.63, 3.8) is 0 Å². The van der Waals surface area contributed by atoms with E-state index in [1.54, 1.807) is 4.98 Å². The Bertz CT molecular complexity index is 1480. The number of carbonyl (C=O) groups excluding carboxylic acids is 1. The van der Waals surface area contributed by atoms with Crippen LogP contribution in [0.3, 0.4) is 0 Å². The molecule has 1 saturated carbocycles. The molecule has 1 aromatic heterocycles. The summed E-state index contributed by atoms with van der Waals surface area (Å²) in [4.78, 5) is 28.9. The minimum Gasteiger partial charge on any atom is -0.373 e. The number of aromatic amines is 1. The van der Waals surface area contributed by atoms with E-state index in [-0.39, 0.29) is 42.2 Å². The Morgan fingerprint density at radius 1 is 1.02 bits per heavy atom. The number of nitrogens with one attached hydrogen (secondary N) is 2. The molecule has 1 fully saturated rings. The molecule has 0 spiro atoms. The van der Waals surface area contributed by atoms with Crippen molar-refractivity contribution in [3.05, 3.63) is 85.8 Å². The Morgan fingerprint density at radius 2 is 1.70 bits per heavy atom. The van der Waals surface area contributed by atoms with E-state index in [4.69, 9.17) is 16.3 Å². The van der Waals surface area contributed by atoms with E-state index in [1.165, 1.54) is 12.1 Å². The van der Waals surface area contributed by atoms with Gasteiger partial charge in [0.1, 0.15) is 17.5 Å². The summed E-state index contributed by atoms with van der Waals surface area (Å²) in [6.07, 6.45) is -10.3. The molecule has 0 aliphatic heterocycles. The quantitative estimate of drug-likeness (QED) is 0.328. The fourth-order valence-corrected chi connectivity index (χ4v) is 4.19. The summed E-state index contributed by atoms with van der Waals surface area (Å²) in [5.41, 5.74) is -6.53. The highest BCUT2D eigenvalue weighted by atomic mass is 35.5. The van der Waals surface area contributed by atoms with Gasteiger partial charge in [0, 0.05) is 34.7 Å². The highest BCUT2D eigenvalue weighted by Gasteiger charge is 2.39. The Hall–Kier alpha value is -3.52. The van der Waals surface area contributed by atoms with Crippen LogP contribution in [0.1, 0.15) is 35.2 Å². The van der Waals surface area contributed by atoms with Crippen LogP contribution in [-0.4, -0.2) is 22.0 Å². The second-order valence-corrected chi connectivity index (χ2v) is 9.43. The fourth-order valence-electron chi connectivity index (χ4n) is 4.03. The molecule has 1 amide bonds. The van der Waals surface area contributed by atoms with Gasteiger partial charge >= 0.3 is 12.4 Å². The molecule has 0 radical (unpaired) electrons. The van der Waals surface area contributed by atoms with Gasteiger partial charge in [0.2, 0.25) is 5.91 Å². The monoisotopic (exact) mass is 595 g/mol. The van der Waals surface area contributed by atoms with Crippen molar-refractivity contribution >= 4 is 17.5 Å². The lowest BCUT2D eigenvalue weighted by Crippen LogP contribution is -2.42. The Kier molecular flexibility index (Phi) is 8.22. The molecule has 1 aliphatic carbocycles. The Labute approximate surface area is 225 Å². The van der Waals surface area contributed by atoms with Crippen LogP contribution < -0.4 is 10.9 Å². The lowest BCUT2D eigenvalue weighted by molar-refractivity contribution is -0.141. The second kappa shape index (κ2) is 11.2. The predicted molar refractivity (Wildman–Crippen MR) is 125 cm³/mol. The summed E-state index contributed by atoms with van der Waals surface area (Å²) < 4.78 is 115. The number of nitrogens with zero attached hydrogens (tertiary/aromatic N) is 1. The molecule has 1 aliphatic rings. The third-order valence-electron chi connectivity index (χ3n) is 6.20. The maximum absolute atomic E-state index is 15.3. The first-order valence-corrected chi connectivity index (χ1v) is 11.9.